The summed E-state index contributed by atoms with van der Waals surface area (Å²) in [6.45, 7) is 14.9. The van der Waals surface area contributed by atoms with Gasteiger partial charge in [-0.15, -0.1) is 0 Å². The number of carbonyl (C=O) groups excluding carboxylic acids is 3. The van der Waals surface area contributed by atoms with Crippen molar-refractivity contribution in [2.45, 2.75) is 53.2 Å². The lowest BCUT2D eigenvalue weighted by atomic mass is 9.88. The van der Waals surface area contributed by atoms with Crippen LogP contribution in [0.1, 0.15) is 33.6 Å². The lowest BCUT2D eigenvalue weighted by Gasteiger charge is -2.24. The van der Waals surface area contributed by atoms with Gasteiger partial charge in [0.25, 0.3) is 0 Å². The second-order valence-electron chi connectivity index (χ2n) is 11.2. The standard InChI is InChI=1S/C18H21N3O9.2C6H14O3.C4H6O2/c1-4-13(22)28-10-7-19-16(25)20(8-11-29-14(23)5-2)18(27)21(17(19)26)9-12-30-15(24)6-3;2*1-2-6(3-7,4-8)5-9;1-3(2)4(5)6/h4-6H,1-3,7-12H2;2*7-9H,2-5H2,1H3;1H2,2H3,(H,5,6). The molecule has 0 radical (unpaired) electrons. The molecule has 1 heterocycles. The summed E-state index contributed by atoms with van der Waals surface area (Å²) in [6, 6.07) is 0. The highest BCUT2D eigenvalue weighted by atomic mass is 16.5. The van der Waals surface area contributed by atoms with Gasteiger partial charge in [0.05, 0.1) is 59.3 Å². The largest absolute Gasteiger partial charge is 0.478 e. The number of aliphatic hydroxyl groups excluding tert-OH is 6. The maximum Gasteiger partial charge on any atom is 0.336 e. The van der Waals surface area contributed by atoms with Crippen LogP contribution in [0.15, 0.2) is 64.5 Å². The first-order valence-electron chi connectivity index (χ1n) is 16.3. The van der Waals surface area contributed by atoms with Crippen molar-refractivity contribution in [1.29, 1.82) is 0 Å². The Labute approximate surface area is 311 Å². The van der Waals surface area contributed by atoms with E-state index in [4.69, 9.17) is 50.0 Å². The summed E-state index contributed by atoms with van der Waals surface area (Å²) >= 11 is 0. The number of carboxylic acids is 1. The van der Waals surface area contributed by atoms with Crippen molar-refractivity contribution in [2.24, 2.45) is 10.8 Å². The summed E-state index contributed by atoms with van der Waals surface area (Å²) < 4.78 is 16.3. The number of nitrogens with zero attached hydrogens (tertiary/aromatic N) is 3. The minimum atomic E-state index is -0.992. The average molecular weight is 778 g/mol. The van der Waals surface area contributed by atoms with Crippen LogP contribution in [0, 0.1) is 10.8 Å². The smallest absolute Gasteiger partial charge is 0.336 e. The molecule has 0 amide bonds. The molecule has 0 spiro atoms. The molecular formula is C34H55N3O17. The minimum absolute atomic E-state index is 0.156. The monoisotopic (exact) mass is 777 g/mol. The fourth-order valence-electron chi connectivity index (χ4n) is 3.12. The number of carbonyl (C=O) groups is 4. The summed E-state index contributed by atoms with van der Waals surface area (Å²) in [7, 11) is 0. The predicted octanol–water partition coefficient (Wildman–Crippen LogP) is -2.27. The number of esters is 3. The molecule has 308 valence electrons. The number of hydrogen-bond acceptors (Lipinski definition) is 16. The normalized spacial score (nSPS) is 10.4. The molecule has 0 aliphatic rings. The number of rotatable bonds is 21. The van der Waals surface area contributed by atoms with Gasteiger partial charge in [0, 0.05) is 34.6 Å². The Morgan fingerprint density at radius 1 is 0.574 bits per heavy atom. The van der Waals surface area contributed by atoms with E-state index >= 15 is 0 Å². The highest BCUT2D eigenvalue weighted by Crippen LogP contribution is 2.19. The maximum absolute atomic E-state index is 12.6. The van der Waals surface area contributed by atoms with Crippen LogP contribution in [-0.2, 0) is 53.0 Å². The third kappa shape index (κ3) is 19.7. The summed E-state index contributed by atoms with van der Waals surface area (Å²) in [5.41, 5.74) is -4.13. The summed E-state index contributed by atoms with van der Waals surface area (Å²) in [4.78, 5) is 80.8. The van der Waals surface area contributed by atoms with Crippen molar-refractivity contribution in [2.75, 3.05) is 59.5 Å². The van der Waals surface area contributed by atoms with Crippen molar-refractivity contribution in [1.82, 2.24) is 13.7 Å². The molecular weight excluding hydrogens is 722 g/mol. The van der Waals surface area contributed by atoms with Gasteiger partial charge in [-0.05, 0) is 19.8 Å². The first-order valence-corrected chi connectivity index (χ1v) is 16.3. The molecule has 0 aliphatic carbocycles. The van der Waals surface area contributed by atoms with E-state index in [1.807, 2.05) is 13.8 Å². The van der Waals surface area contributed by atoms with Crippen molar-refractivity contribution in [3.63, 3.8) is 0 Å². The van der Waals surface area contributed by atoms with E-state index in [0.717, 1.165) is 18.2 Å². The number of aromatic nitrogens is 3. The quantitative estimate of drug-likeness (QED) is 0.0393. The Hall–Kier alpha value is -4.99. The van der Waals surface area contributed by atoms with E-state index in [0.29, 0.717) is 26.5 Å². The van der Waals surface area contributed by atoms with Gasteiger partial charge in [-0.2, -0.15) is 0 Å². The topological polar surface area (TPSA) is 304 Å². The molecule has 1 aromatic rings. The van der Waals surface area contributed by atoms with Gasteiger partial charge in [-0.3, -0.25) is 0 Å². The van der Waals surface area contributed by atoms with Crippen LogP contribution in [0.5, 0.6) is 0 Å². The Bertz CT molecular complexity index is 1310. The molecule has 7 N–H and O–H groups in total. The van der Waals surface area contributed by atoms with Crippen LogP contribution in [0.2, 0.25) is 0 Å². The van der Waals surface area contributed by atoms with Crippen LogP contribution in [0.25, 0.3) is 0 Å². The van der Waals surface area contributed by atoms with Crippen molar-refractivity contribution >= 4 is 23.9 Å². The van der Waals surface area contributed by atoms with Crippen LogP contribution in [-0.4, -0.2) is 133 Å². The van der Waals surface area contributed by atoms with Crippen LogP contribution < -0.4 is 17.1 Å². The first kappa shape index (κ1) is 53.4. The van der Waals surface area contributed by atoms with Gasteiger partial charge < -0.3 is 50.0 Å². The molecule has 1 aromatic heterocycles. The number of aliphatic carboxylic acids is 1. The zero-order valence-corrected chi connectivity index (χ0v) is 31.0. The van der Waals surface area contributed by atoms with Crippen molar-refractivity contribution in [3.05, 3.63) is 81.6 Å². The second kappa shape index (κ2) is 29.5. The molecule has 0 saturated carbocycles. The van der Waals surface area contributed by atoms with Crippen molar-refractivity contribution in [3.8, 4) is 0 Å². The van der Waals surface area contributed by atoms with Crippen LogP contribution in [0.3, 0.4) is 0 Å². The molecule has 54 heavy (non-hydrogen) atoms. The summed E-state index contributed by atoms with van der Waals surface area (Å²) in [6.07, 6.45) is 3.91. The third-order valence-electron chi connectivity index (χ3n) is 7.44. The third-order valence-corrected chi connectivity index (χ3v) is 7.44. The van der Waals surface area contributed by atoms with Gasteiger partial charge in [-0.1, -0.05) is 40.2 Å². The van der Waals surface area contributed by atoms with E-state index in [9.17, 15) is 33.6 Å². The molecule has 0 saturated heterocycles. The number of aliphatic hydroxyl groups is 6. The first-order chi connectivity index (χ1) is 25.4. The van der Waals surface area contributed by atoms with E-state index < -0.39 is 51.8 Å². The van der Waals surface area contributed by atoms with Crippen LogP contribution >= 0.6 is 0 Å². The molecule has 0 unspecified atom stereocenters. The van der Waals surface area contributed by atoms with Gasteiger partial charge in [-0.25, -0.2) is 47.3 Å². The second-order valence-corrected chi connectivity index (χ2v) is 11.2. The van der Waals surface area contributed by atoms with E-state index in [1.165, 1.54) is 6.92 Å². The fourth-order valence-corrected chi connectivity index (χ4v) is 3.12. The van der Waals surface area contributed by atoms with Crippen molar-refractivity contribution < 1.29 is 69.1 Å². The molecule has 20 nitrogen and oxygen atoms in total. The zero-order valence-electron chi connectivity index (χ0n) is 31.0. The van der Waals surface area contributed by atoms with E-state index in [2.05, 4.69) is 26.3 Å². The average Bonchev–Trinajstić information content (AvgIpc) is 3.18. The number of ether oxygens (including phenoxy) is 3. The van der Waals surface area contributed by atoms with Gasteiger partial charge in [0.1, 0.15) is 19.8 Å². The Balaban J connectivity index is -0.000000872. The molecule has 1 rings (SSSR count). The molecule has 0 aromatic carbocycles. The minimum Gasteiger partial charge on any atom is -0.478 e. The summed E-state index contributed by atoms with van der Waals surface area (Å²) in [5.74, 6) is -3.21. The van der Waals surface area contributed by atoms with Gasteiger partial charge in [0.15, 0.2) is 0 Å². The zero-order chi connectivity index (χ0) is 42.5. The van der Waals surface area contributed by atoms with E-state index in [-0.39, 0.29) is 84.7 Å². The SMILES string of the molecule is C=C(C)C(=O)O.C=CC(=O)OCCn1c(=O)n(CCOC(=O)C=C)c(=O)n(CCOC(=O)C=C)c1=O.CCC(CO)(CO)CO.CCC(CO)(CO)CO. The molecule has 0 aliphatic heterocycles. The Kier molecular flexibility index (Phi) is 29.1. The van der Waals surface area contributed by atoms with Gasteiger partial charge >= 0.3 is 40.9 Å². The van der Waals surface area contributed by atoms with E-state index in [1.54, 1.807) is 0 Å². The highest BCUT2D eigenvalue weighted by Gasteiger charge is 2.25. The summed E-state index contributed by atoms with van der Waals surface area (Å²) in [5, 5.41) is 59.8. The lowest BCUT2D eigenvalue weighted by molar-refractivity contribution is -0.138. The molecule has 0 bridgehead atoms. The number of carboxylic acid groups (broad SMARTS) is 1. The van der Waals surface area contributed by atoms with Crippen LogP contribution in [0.4, 0.5) is 0 Å². The predicted molar refractivity (Wildman–Crippen MR) is 193 cm³/mol. The highest BCUT2D eigenvalue weighted by molar-refractivity contribution is 5.84. The molecule has 0 atom stereocenters. The Morgan fingerprint density at radius 3 is 0.889 bits per heavy atom. The molecule has 0 fully saturated rings. The van der Waals surface area contributed by atoms with Gasteiger partial charge in [0.2, 0.25) is 0 Å². The Morgan fingerprint density at radius 2 is 0.778 bits per heavy atom. The maximum atomic E-state index is 12.6. The fraction of sp³-hybridized carbons (Fsp3) is 0.559. The lowest BCUT2D eigenvalue weighted by Crippen LogP contribution is -2.55. The number of hydrogen-bond donors (Lipinski definition) is 7. The molecule has 20 heteroatoms.